The molecule has 0 aliphatic heterocycles. The van der Waals surface area contributed by atoms with Crippen LogP contribution in [0, 0.1) is 5.41 Å². The Labute approximate surface area is 113 Å². The van der Waals surface area contributed by atoms with Gasteiger partial charge in [0.25, 0.3) is 0 Å². The Morgan fingerprint density at radius 1 is 1.44 bits per heavy atom. The molecule has 0 aromatic carbocycles. The third-order valence-electron chi connectivity index (χ3n) is 3.24. The van der Waals surface area contributed by atoms with Gasteiger partial charge in [0, 0.05) is 11.4 Å². The third kappa shape index (κ3) is 5.19. The van der Waals surface area contributed by atoms with Crippen LogP contribution in [0.15, 0.2) is 17.5 Å². The summed E-state index contributed by atoms with van der Waals surface area (Å²) in [6, 6.07) is 4.24. The van der Waals surface area contributed by atoms with E-state index in [9.17, 15) is 4.79 Å². The molecular formula is C14H23NO2S. The zero-order valence-corrected chi connectivity index (χ0v) is 12.3. The molecule has 18 heavy (non-hydrogen) atoms. The Morgan fingerprint density at radius 3 is 2.72 bits per heavy atom. The molecule has 3 nitrogen and oxygen atoms in total. The van der Waals surface area contributed by atoms with Crippen molar-refractivity contribution in [2.75, 3.05) is 20.1 Å². The first-order valence-corrected chi connectivity index (χ1v) is 7.24. The van der Waals surface area contributed by atoms with Crippen LogP contribution in [0.4, 0.5) is 0 Å². The van der Waals surface area contributed by atoms with Gasteiger partial charge in [0.1, 0.15) is 0 Å². The quantitative estimate of drug-likeness (QED) is 0.788. The van der Waals surface area contributed by atoms with Crippen LogP contribution < -0.4 is 0 Å². The van der Waals surface area contributed by atoms with Crippen molar-refractivity contribution in [1.82, 2.24) is 4.90 Å². The van der Waals surface area contributed by atoms with Gasteiger partial charge < -0.3 is 10.0 Å². The molecule has 1 heterocycles. The van der Waals surface area contributed by atoms with Crippen LogP contribution in [0.25, 0.3) is 0 Å². The number of aliphatic carboxylic acids is 1. The first kappa shape index (κ1) is 15.2. The smallest absolute Gasteiger partial charge is 0.309 e. The molecule has 0 saturated carbocycles. The molecule has 0 radical (unpaired) electrons. The van der Waals surface area contributed by atoms with Gasteiger partial charge in [-0.15, -0.1) is 11.3 Å². The minimum Gasteiger partial charge on any atom is -0.481 e. The Morgan fingerprint density at radius 2 is 2.17 bits per heavy atom. The second-order valence-corrected chi connectivity index (χ2v) is 6.46. The van der Waals surface area contributed by atoms with E-state index in [1.165, 1.54) is 4.88 Å². The van der Waals surface area contributed by atoms with E-state index in [-0.39, 0.29) is 0 Å². The number of rotatable bonds is 8. The number of thiophene rings is 1. The predicted molar refractivity (Wildman–Crippen MR) is 76.2 cm³/mol. The highest BCUT2D eigenvalue weighted by Crippen LogP contribution is 2.22. The van der Waals surface area contributed by atoms with Crippen LogP contribution in [-0.4, -0.2) is 36.1 Å². The molecule has 0 aliphatic carbocycles. The van der Waals surface area contributed by atoms with E-state index >= 15 is 0 Å². The van der Waals surface area contributed by atoms with E-state index in [4.69, 9.17) is 5.11 Å². The second kappa shape index (κ2) is 6.90. The Balaban J connectivity index is 2.17. The molecular weight excluding hydrogens is 246 g/mol. The van der Waals surface area contributed by atoms with Crippen molar-refractivity contribution in [2.24, 2.45) is 5.41 Å². The maximum absolute atomic E-state index is 11.0. The molecule has 0 atom stereocenters. The lowest BCUT2D eigenvalue weighted by Crippen LogP contribution is -2.27. The van der Waals surface area contributed by atoms with Gasteiger partial charge in [0.2, 0.25) is 0 Å². The second-order valence-electron chi connectivity index (χ2n) is 5.43. The average Bonchev–Trinajstić information content (AvgIpc) is 2.78. The average molecular weight is 269 g/mol. The van der Waals surface area contributed by atoms with Crippen molar-refractivity contribution in [1.29, 1.82) is 0 Å². The predicted octanol–water partition coefficient (Wildman–Crippen LogP) is 3.11. The lowest BCUT2D eigenvalue weighted by atomic mass is 9.88. The van der Waals surface area contributed by atoms with Crippen LogP contribution in [-0.2, 0) is 11.2 Å². The molecule has 0 saturated heterocycles. The van der Waals surface area contributed by atoms with Gasteiger partial charge >= 0.3 is 5.97 Å². The SMILES string of the molecule is CN(CCCC(C)(C)C(=O)O)CCc1cccs1. The Kier molecular flexibility index (Phi) is 5.82. The Hall–Kier alpha value is -0.870. The summed E-state index contributed by atoms with van der Waals surface area (Å²) in [6.45, 7) is 5.58. The highest BCUT2D eigenvalue weighted by molar-refractivity contribution is 7.09. The molecule has 0 amide bonds. The van der Waals surface area contributed by atoms with Crippen LogP contribution in [0.3, 0.4) is 0 Å². The van der Waals surface area contributed by atoms with E-state index in [2.05, 4.69) is 29.5 Å². The number of carboxylic acids is 1. The summed E-state index contributed by atoms with van der Waals surface area (Å²) < 4.78 is 0. The van der Waals surface area contributed by atoms with Crippen molar-refractivity contribution < 1.29 is 9.90 Å². The Bertz CT molecular complexity index is 360. The van der Waals surface area contributed by atoms with Crippen molar-refractivity contribution >= 4 is 17.3 Å². The van der Waals surface area contributed by atoms with Gasteiger partial charge in [-0.25, -0.2) is 0 Å². The van der Waals surface area contributed by atoms with E-state index < -0.39 is 11.4 Å². The van der Waals surface area contributed by atoms with Gasteiger partial charge in [-0.3, -0.25) is 4.79 Å². The summed E-state index contributed by atoms with van der Waals surface area (Å²) in [5.41, 5.74) is -0.603. The van der Waals surface area contributed by atoms with Crippen LogP contribution in [0.5, 0.6) is 0 Å². The molecule has 1 aromatic heterocycles. The summed E-state index contributed by atoms with van der Waals surface area (Å²) in [5.74, 6) is -0.705. The summed E-state index contributed by atoms with van der Waals surface area (Å²) in [4.78, 5) is 14.7. The maximum Gasteiger partial charge on any atom is 0.309 e. The molecule has 102 valence electrons. The van der Waals surface area contributed by atoms with E-state index in [1.54, 1.807) is 25.2 Å². The van der Waals surface area contributed by atoms with E-state index in [1.807, 2.05) is 0 Å². The van der Waals surface area contributed by atoms with Gasteiger partial charge in [-0.1, -0.05) is 6.07 Å². The lowest BCUT2D eigenvalue weighted by Gasteiger charge is -2.21. The number of hydrogen-bond acceptors (Lipinski definition) is 3. The molecule has 0 spiro atoms. The van der Waals surface area contributed by atoms with Gasteiger partial charge in [-0.05, 0) is 58.1 Å². The molecule has 4 heteroatoms. The standard InChI is InChI=1S/C14H23NO2S/c1-14(2,13(16)17)8-5-9-15(3)10-7-12-6-4-11-18-12/h4,6,11H,5,7-10H2,1-3H3,(H,16,17). The lowest BCUT2D eigenvalue weighted by molar-refractivity contribution is -0.147. The number of carbonyl (C=O) groups is 1. The van der Waals surface area contributed by atoms with Crippen molar-refractivity contribution in [3.05, 3.63) is 22.4 Å². The monoisotopic (exact) mass is 269 g/mol. The molecule has 1 N–H and O–H groups in total. The van der Waals surface area contributed by atoms with Gasteiger partial charge in [0.05, 0.1) is 5.41 Å². The van der Waals surface area contributed by atoms with Crippen molar-refractivity contribution in [3.63, 3.8) is 0 Å². The van der Waals surface area contributed by atoms with Gasteiger partial charge in [-0.2, -0.15) is 0 Å². The summed E-state index contributed by atoms with van der Waals surface area (Å²) >= 11 is 1.79. The summed E-state index contributed by atoms with van der Waals surface area (Å²) in [6.07, 6.45) is 2.74. The van der Waals surface area contributed by atoms with Crippen molar-refractivity contribution in [2.45, 2.75) is 33.1 Å². The fourth-order valence-corrected chi connectivity index (χ4v) is 2.46. The number of likely N-dealkylation sites (N-methyl/N-ethyl adjacent to an activating group) is 1. The zero-order chi connectivity index (χ0) is 13.6. The highest BCUT2D eigenvalue weighted by atomic mass is 32.1. The molecule has 0 unspecified atom stereocenters. The normalized spacial score (nSPS) is 12.0. The number of carboxylic acid groups (broad SMARTS) is 1. The molecule has 1 rings (SSSR count). The minimum absolute atomic E-state index is 0.603. The summed E-state index contributed by atoms with van der Waals surface area (Å²) in [5, 5.41) is 11.1. The molecule has 1 aromatic rings. The largest absolute Gasteiger partial charge is 0.481 e. The number of nitrogens with zero attached hydrogens (tertiary/aromatic N) is 1. The number of hydrogen-bond donors (Lipinski definition) is 1. The fourth-order valence-electron chi connectivity index (χ4n) is 1.77. The topological polar surface area (TPSA) is 40.5 Å². The first-order valence-electron chi connectivity index (χ1n) is 6.36. The first-order chi connectivity index (χ1) is 8.42. The zero-order valence-electron chi connectivity index (χ0n) is 11.5. The highest BCUT2D eigenvalue weighted by Gasteiger charge is 2.26. The minimum atomic E-state index is -0.705. The van der Waals surface area contributed by atoms with Crippen LogP contribution in [0.1, 0.15) is 31.6 Å². The molecule has 0 aliphatic rings. The van der Waals surface area contributed by atoms with Crippen molar-refractivity contribution in [3.8, 4) is 0 Å². The van der Waals surface area contributed by atoms with Gasteiger partial charge in [0.15, 0.2) is 0 Å². The molecule has 0 bridgehead atoms. The van der Waals surface area contributed by atoms with Crippen LogP contribution >= 0.6 is 11.3 Å². The van der Waals surface area contributed by atoms with E-state index in [0.717, 1.165) is 32.4 Å². The van der Waals surface area contributed by atoms with E-state index in [0.29, 0.717) is 0 Å². The fraction of sp³-hybridized carbons (Fsp3) is 0.643. The van der Waals surface area contributed by atoms with Crippen LogP contribution in [0.2, 0.25) is 0 Å². The summed E-state index contributed by atoms with van der Waals surface area (Å²) in [7, 11) is 2.10. The molecule has 0 fully saturated rings. The maximum atomic E-state index is 11.0. The third-order valence-corrected chi connectivity index (χ3v) is 4.18.